The number of nitrogens with zero attached hydrogens (tertiary/aromatic N) is 3. The molecule has 3 heterocycles. The molecule has 1 spiro atoms. The first kappa shape index (κ1) is 18.1. The van der Waals surface area contributed by atoms with E-state index in [1.807, 2.05) is 18.3 Å². The average molecular weight is 367 g/mol. The highest BCUT2D eigenvalue weighted by molar-refractivity contribution is 5.40. The molecule has 0 N–H and O–H groups in total. The van der Waals surface area contributed by atoms with Crippen LogP contribution in [-0.2, 0) is 6.54 Å². The summed E-state index contributed by atoms with van der Waals surface area (Å²) in [6.45, 7) is 4.28. The topological polar surface area (TPSA) is 37.8 Å². The third-order valence-corrected chi connectivity index (χ3v) is 6.19. The van der Waals surface area contributed by atoms with E-state index in [0.29, 0.717) is 5.54 Å². The van der Waals surface area contributed by atoms with Gasteiger partial charge in [0.25, 0.3) is 0 Å². The van der Waals surface area contributed by atoms with E-state index < -0.39 is 0 Å². The summed E-state index contributed by atoms with van der Waals surface area (Å²) in [5.74, 6) is 2.83. The number of likely N-dealkylation sites (tertiary alicyclic amines) is 1. The van der Waals surface area contributed by atoms with Gasteiger partial charge < -0.3 is 14.4 Å². The van der Waals surface area contributed by atoms with Gasteiger partial charge in [-0.1, -0.05) is 6.07 Å². The third kappa shape index (κ3) is 3.74. The van der Waals surface area contributed by atoms with Gasteiger partial charge in [0.1, 0.15) is 17.3 Å². The molecule has 1 aromatic carbocycles. The molecule has 0 aliphatic carbocycles. The molecule has 0 saturated carbocycles. The van der Waals surface area contributed by atoms with Crippen molar-refractivity contribution in [2.24, 2.45) is 0 Å². The molecule has 27 heavy (non-hydrogen) atoms. The number of rotatable bonds is 5. The molecule has 0 amide bonds. The molecule has 2 aromatic rings. The lowest BCUT2D eigenvalue weighted by molar-refractivity contribution is 0.0995. The second-order valence-corrected chi connectivity index (χ2v) is 7.65. The summed E-state index contributed by atoms with van der Waals surface area (Å²) in [5.41, 5.74) is 1.58. The molecule has 0 bridgehead atoms. The first-order chi connectivity index (χ1) is 13.2. The van der Waals surface area contributed by atoms with Crippen LogP contribution in [0.15, 0.2) is 42.6 Å². The third-order valence-electron chi connectivity index (χ3n) is 6.19. The van der Waals surface area contributed by atoms with Gasteiger partial charge >= 0.3 is 0 Å². The zero-order valence-electron chi connectivity index (χ0n) is 16.4. The number of hydrogen-bond donors (Lipinski definition) is 0. The fourth-order valence-electron chi connectivity index (χ4n) is 4.68. The van der Waals surface area contributed by atoms with Crippen LogP contribution in [0, 0.1) is 0 Å². The summed E-state index contributed by atoms with van der Waals surface area (Å²) in [7, 11) is 3.42. The minimum absolute atomic E-state index is 0.321. The summed E-state index contributed by atoms with van der Waals surface area (Å²) < 4.78 is 10.9. The molecule has 2 fully saturated rings. The van der Waals surface area contributed by atoms with Gasteiger partial charge in [-0.05, 0) is 62.1 Å². The molecule has 2 saturated heterocycles. The normalized spacial score (nSPS) is 19.4. The molecule has 2 aliphatic rings. The molecule has 4 rings (SSSR count). The lowest BCUT2D eigenvalue weighted by Gasteiger charge is -2.45. The largest absolute Gasteiger partial charge is 0.497 e. The molecule has 5 nitrogen and oxygen atoms in total. The standard InChI is InChI=1S/C22H29N3O2/c1-26-19-14-18(15-20(16-19)27-2)17-25-11-5-7-22(25)8-12-24(13-9-22)21-6-3-4-10-23-21/h3-4,6,10,14-16H,5,7-9,11-13,17H2,1-2H3. The van der Waals surface area contributed by atoms with Crippen LogP contribution in [0.25, 0.3) is 0 Å². The van der Waals surface area contributed by atoms with Gasteiger partial charge in [-0.3, -0.25) is 4.90 Å². The number of anilines is 1. The minimum atomic E-state index is 0.321. The summed E-state index contributed by atoms with van der Waals surface area (Å²) >= 11 is 0. The van der Waals surface area contributed by atoms with Crippen LogP contribution < -0.4 is 14.4 Å². The van der Waals surface area contributed by atoms with Crippen molar-refractivity contribution in [3.63, 3.8) is 0 Å². The van der Waals surface area contributed by atoms with Crippen molar-refractivity contribution in [2.45, 2.75) is 37.8 Å². The van der Waals surface area contributed by atoms with Gasteiger partial charge in [-0.25, -0.2) is 4.98 Å². The predicted octanol–water partition coefficient (Wildman–Crippen LogP) is 3.73. The van der Waals surface area contributed by atoms with Gasteiger partial charge in [-0.15, -0.1) is 0 Å². The number of methoxy groups -OCH3 is 2. The summed E-state index contributed by atoms with van der Waals surface area (Å²) in [6.07, 6.45) is 6.86. The van der Waals surface area contributed by atoms with Crippen LogP contribution in [0.5, 0.6) is 11.5 Å². The van der Waals surface area contributed by atoms with Gasteiger partial charge in [0.15, 0.2) is 0 Å². The highest BCUT2D eigenvalue weighted by Gasteiger charge is 2.43. The molecular weight excluding hydrogens is 338 g/mol. The van der Waals surface area contributed by atoms with Crippen LogP contribution in [0.2, 0.25) is 0 Å². The van der Waals surface area contributed by atoms with Crippen LogP contribution >= 0.6 is 0 Å². The van der Waals surface area contributed by atoms with E-state index in [9.17, 15) is 0 Å². The van der Waals surface area contributed by atoms with E-state index in [2.05, 4.69) is 39.0 Å². The maximum atomic E-state index is 5.45. The van der Waals surface area contributed by atoms with E-state index in [-0.39, 0.29) is 0 Å². The number of ether oxygens (including phenoxy) is 2. The van der Waals surface area contributed by atoms with Crippen LogP contribution in [0.4, 0.5) is 5.82 Å². The summed E-state index contributed by atoms with van der Waals surface area (Å²) in [5, 5.41) is 0. The van der Waals surface area contributed by atoms with Crippen molar-refractivity contribution in [3.05, 3.63) is 48.2 Å². The molecule has 0 atom stereocenters. The van der Waals surface area contributed by atoms with Crippen molar-refractivity contribution in [1.82, 2.24) is 9.88 Å². The van der Waals surface area contributed by atoms with Gasteiger partial charge in [0.2, 0.25) is 0 Å². The Bertz CT molecular complexity index is 735. The lowest BCUT2D eigenvalue weighted by Crippen LogP contribution is -2.52. The smallest absolute Gasteiger partial charge is 0.128 e. The Hall–Kier alpha value is -2.27. The fraction of sp³-hybridized carbons (Fsp3) is 0.500. The minimum Gasteiger partial charge on any atom is -0.497 e. The average Bonchev–Trinajstić information content (AvgIpc) is 3.10. The van der Waals surface area contributed by atoms with Crippen molar-refractivity contribution >= 4 is 5.82 Å². The number of piperidine rings is 1. The Morgan fingerprint density at radius 1 is 0.963 bits per heavy atom. The second kappa shape index (κ2) is 7.77. The second-order valence-electron chi connectivity index (χ2n) is 7.65. The van der Waals surface area contributed by atoms with Crippen molar-refractivity contribution in [3.8, 4) is 11.5 Å². The summed E-state index contributed by atoms with van der Waals surface area (Å²) in [6, 6.07) is 12.4. The van der Waals surface area contributed by atoms with Crippen molar-refractivity contribution in [2.75, 3.05) is 38.8 Å². The molecule has 0 radical (unpaired) electrons. The number of pyridine rings is 1. The van der Waals surface area contributed by atoms with Gasteiger partial charge in [0.05, 0.1) is 14.2 Å². The SMILES string of the molecule is COc1cc(CN2CCCC23CCN(c2ccccn2)CC3)cc(OC)c1. The Morgan fingerprint density at radius 3 is 2.33 bits per heavy atom. The van der Waals surface area contributed by atoms with E-state index >= 15 is 0 Å². The zero-order valence-corrected chi connectivity index (χ0v) is 16.4. The summed E-state index contributed by atoms with van der Waals surface area (Å²) in [4.78, 5) is 9.65. The quantitative estimate of drug-likeness (QED) is 0.805. The van der Waals surface area contributed by atoms with E-state index in [4.69, 9.17) is 9.47 Å². The Kier molecular flexibility index (Phi) is 5.21. The number of aromatic nitrogens is 1. The highest BCUT2D eigenvalue weighted by Crippen LogP contribution is 2.40. The monoisotopic (exact) mass is 367 g/mol. The Labute approximate surface area is 161 Å². The molecule has 144 valence electrons. The van der Waals surface area contributed by atoms with Crippen LogP contribution in [0.1, 0.15) is 31.2 Å². The van der Waals surface area contributed by atoms with Gasteiger partial charge in [0, 0.05) is 37.4 Å². The molecular formula is C22H29N3O2. The first-order valence-corrected chi connectivity index (χ1v) is 9.85. The number of hydrogen-bond acceptors (Lipinski definition) is 5. The molecule has 1 aromatic heterocycles. The van der Waals surface area contributed by atoms with E-state index in [1.165, 1.54) is 37.8 Å². The van der Waals surface area contributed by atoms with Crippen molar-refractivity contribution in [1.29, 1.82) is 0 Å². The van der Waals surface area contributed by atoms with Gasteiger partial charge in [-0.2, -0.15) is 0 Å². The highest BCUT2D eigenvalue weighted by atomic mass is 16.5. The van der Waals surface area contributed by atoms with E-state index in [1.54, 1.807) is 14.2 Å². The molecule has 2 aliphatic heterocycles. The Balaban J connectivity index is 1.47. The van der Waals surface area contributed by atoms with Crippen LogP contribution in [-0.4, -0.2) is 49.3 Å². The predicted molar refractivity (Wildman–Crippen MR) is 108 cm³/mol. The zero-order chi connectivity index (χ0) is 18.7. The first-order valence-electron chi connectivity index (χ1n) is 9.85. The van der Waals surface area contributed by atoms with E-state index in [0.717, 1.165) is 37.0 Å². The Morgan fingerprint density at radius 2 is 1.70 bits per heavy atom. The van der Waals surface area contributed by atoms with Crippen molar-refractivity contribution < 1.29 is 9.47 Å². The molecule has 5 heteroatoms. The lowest BCUT2D eigenvalue weighted by atomic mass is 9.84. The fourth-order valence-corrected chi connectivity index (χ4v) is 4.68. The van der Waals surface area contributed by atoms with Crippen LogP contribution in [0.3, 0.4) is 0 Å². The molecule has 0 unspecified atom stereocenters. The number of benzene rings is 1. The maximum absolute atomic E-state index is 5.45. The maximum Gasteiger partial charge on any atom is 0.128 e.